The number of amides is 2. The van der Waals surface area contributed by atoms with Crippen LogP contribution in [-0.2, 0) is 22.3 Å². The van der Waals surface area contributed by atoms with E-state index >= 15 is 0 Å². The fourth-order valence-corrected chi connectivity index (χ4v) is 3.51. The van der Waals surface area contributed by atoms with Gasteiger partial charge in [-0.25, -0.2) is 4.98 Å². The number of nitrogens with zero attached hydrogens (tertiary/aromatic N) is 4. The number of carbonyl (C=O) groups is 2. The van der Waals surface area contributed by atoms with Crippen molar-refractivity contribution in [2.45, 2.75) is 26.6 Å². The first kappa shape index (κ1) is 25.2. The van der Waals surface area contributed by atoms with Crippen LogP contribution < -0.4 is 16.0 Å². The second-order valence-electron chi connectivity index (χ2n) is 7.97. The topological polar surface area (TPSA) is 102 Å². The smallest absolute Gasteiger partial charge is 0.368 e. The number of benzene rings is 1. The Hall–Kier alpha value is -3.41. The van der Waals surface area contributed by atoms with Gasteiger partial charge in [0.1, 0.15) is 11.4 Å². The Morgan fingerprint density at radius 3 is 2.29 bits per heavy atom. The summed E-state index contributed by atoms with van der Waals surface area (Å²) >= 11 is 0. The van der Waals surface area contributed by atoms with E-state index in [0.29, 0.717) is 18.8 Å². The van der Waals surface area contributed by atoms with Gasteiger partial charge >= 0.3 is 6.18 Å². The van der Waals surface area contributed by atoms with Gasteiger partial charge in [-0.15, -0.1) is 0 Å². The van der Waals surface area contributed by atoms with Crippen molar-refractivity contribution < 1.29 is 22.8 Å². The summed E-state index contributed by atoms with van der Waals surface area (Å²) < 4.78 is 39.9. The van der Waals surface area contributed by atoms with Crippen LogP contribution in [0.15, 0.2) is 30.5 Å². The summed E-state index contributed by atoms with van der Waals surface area (Å²) in [6.45, 7) is 6.90. The normalized spacial score (nSPS) is 14.6. The number of halogens is 3. The molecule has 34 heavy (non-hydrogen) atoms. The van der Waals surface area contributed by atoms with Crippen LogP contribution >= 0.6 is 0 Å². The minimum absolute atomic E-state index is 0.0168. The fourth-order valence-electron chi connectivity index (χ4n) is 3.51. The number of hydrogen-bond donors (Lipinski definition) is 3. The Morgan fingerprint density at radius 2 is 1.71 bits per heavy atom. The second-order valence-corrected chi connectivity index (χ2v) is 7.97. The van der Waals surface area contributed by atoms with Crippen molar-refractivity contribution in [2.75, 3.05) is 49.9 Å². The summed E-state index contributed by atoms with van der Waals surface area (Å²) in [5.41, 5.74) is 0.727. The Bertz CT molecular complexity index is 991. The summed E-state index contributed by atoms with van der Waals surface area (Å²) in [5.74, 6) is -0.531. The molecule has 0 radical (unpaired) electrons. The Labute approximate surface area is 195 Å². The molecular weight excluding hydrogens is 451 g/mol. The van der Waals surface area contributed by atoms with E-state index in [2.05, 4.69) is 30.8 Å². The van der Waals surface area contributed by atoms with E-state index in [1.54, 1.807) is 6.92 Å². The maximum atomic E-state index is 13.3. The Kier molecular flexibility index (Phi) is 8.26. The van der Waals surface area contributed by atoms with Crippen molar-refractivity contribution in [3.63, 3.8) is 0 Å². The third kappa shape index (κ3) is 7.30. The summed E-state index contributed by atoms with van der Waals surface area (Å²) in [6, 6.07) is 7.48. The summed E-state index contributed by atoms with van der Waals surface area (Å²) in [4.78, 5) is 34.3. The maximum Gasteiger partial charge on any atom is 0.421 e. The molecular formula is C22H28F3N7O2. The molecule has 1 aliphatic rings. The molecule has 1 aromatic heterocycles. The zero-order valence-electron chi connectivity index (χ0n) is 19.1. The van der Waals surface area contributed by atoms with Crippen molar-refractivity contribution >= 4 is 29.3 Å². The first-order valence-corrected chi connectivity index (χ1v) is 10.9. The minimum atomic E-state index is -4.62. The van der Waals surface area contributed by atoms with Crippen LogP contribution in [0, 0.1) is 0 Å². The first-order chi connectivity index (χ1) is 16.1. The van der Waals surface area contributed by atoms with Crippen LogP contribution in [0.4, 0.5) is 30.6 Å². The van der Waals surface area contributed by atoms with E-state index in [9.17, 15) is 22.8 Å². The van der Waals surface area contributed by atoms with Gasteiger partial charge in [0, 0.05) is 71.5 Å². The van der Waals surface area contributed by atoms with Crippen LogP contribution in [0.1, 0.15) is 25.0 Å². The maximum absolute atomic E-state index is 13.3. The number of aromatic nitrogens is 2. The molecule has 3 N–H and O–H groups in total. The molecule has 2 heterocycles. The molecule has 0 bridgehead atoms. The number of alkyl halides is 3. The number of rotatable bonds is 8. The van der Waals surface area contributed by atoms with Crippen LogP contribution in [0.3, 0.4) is 0 Å². The fraction of sp³-hybridized carbons (Fsp3) is 0.455. The lowest BCUT2D eigenvalue weighted by Crippen LogP contribution is -2.47. The molecule has 0 unspecified atom stereocenters. The molecule has 12 heteroatoms. The quantitative estimate of drug-likeness (QED) is 0.500. The van der Waals surface area contributed by atoms with Crippen molar-refractivity contribution in [3.8, 4) is 0 Å². The van der Waals surface area contributed by atoms with Crippen molar-refractivity contribution in [3.05, 3.63) is 41.6 Å². The molecule has 1 aliphatic heterocycles. The van der Waals surface area contributed by atoms with Crippen LogP contribution in [-0.4, -0.2) is 70.9 Å². The number of hydrogen-bond acceptors (Lipinski definition) is 7. The average molecular weight is 480 g/mol. The zero-order chi connectivity index (χ0) is 24.7. The van der Waals surface area contributed by atoms with Crippen molar-refractivity contribution in [1.29, 1.82) is 0 Å². The van der Waals surface area contributed by atoms with Crippen molar-refractivity contribution in [2.24, 2.45) is 0 Å². The third-order valence-electron chi connectivity index (χ3n) is 5.32. The van der Waals surface area contributed by atoms with Gasteiger partial charge < -0.3 is 20.9 Å². The lowest BCUT2D eigenvalue weighted by atomic mass is 10.2. The van der Waals surface area contributed by atoms with E-state index in [1.165, 1.54) is 6.92 Å². The lowest BCUT2D eigenvalue weighted by molar-refractivity contribution is -0.137. The second kappa shape index (κ2) is 11.1. The first-order valence-electron chi connectivity index (χ1n) is 10.9. The standard InChI is InChI=1S/C22H28F3N7O2/c1-15(33)26-7-8-27-20-19(22(23,24)25)13-28-21(30-20)29-18-5-3-17(4-6-18)14-31-9-11-32(12-10-31)16(2)34/h3-6,13H,7-12,14H2,1-2H3,(H,26,33)(H2,27,28,29,30). The SMILES string of the molecule is CC(=O)NCCNc1nc(Nc2ccc(CN3CCN(C(C)=O)CC3)cc2)ncc1C(F)(F)F. The number of piperazine rings is 1. The summed E-state index contributed by atoms with van der Waals surface area (Å²) in [5, 5.41) is 8.04. The van der Waals surface area contributed by atoms with Gasteiger partial charge in [-0.05, 0) is 17.7 Å². The molecule has 0 atom stereocenters. The van der Waals surface area contributed by atoms with E-state index in [4.69, 9.17) is 0 Å². The van der Waals surface area contributed by atoms with Gasteiger partial charge in [-0.2, -0.15) is 18.2 Å². The molecule has 1 aromatic carbocycles. The molecule has 1 saturated heterocycles. The number of anilines is 3. The minimum Gasteiger partial charge on any atom is -0.368 e. The van der Waals surface area contributed by atoms with E-state index in [0.717, 1.165) is 31.4 Å². The van der Waals surface area contributed by atoms with Gasteiger partial charge in [0.25, 0.3) is 0 Å². The molecule has 2 aromatic rings. The third-order valence-corrected chi connectivity index (χ3v) is 5.32. The molecule has 9 nitrogen and oxygen atoms in total. The zero-order valence-corrected chi connectivity index (χ0v) is 19.1. The predicted octanol–water partition coefficient (Wildman–Crippen LogP) is 2.45. The highest BCUT2D eigenvalue weighted by molar-refractivity contribution is 5.73. The monoisotopic (exact) mass is 479 g/mol. The summed E-state index contributed by atoms with van der Waals surface area (Å²) in [7, 11) is 0. The molecule has 0 aliphatic carbocycles. The Morgan fingerprint density at radius 1 is 1.03 bits per heavy atom. The largest absolute Gasteiger partial charge is 0.421 e. The lowest BCUT2D eigenvalue weighted by Gasteiger charge is -2.34. The molecule has 2 amide bonds. The van der Waals surface area contributed by atoms with E-state index in [-0.39, 0.29) is 36.7 Å². The highest BCUT2D eigenvalue weighted by Gasteiger charge is 2.35. The van der Waals surface area contributed by atoms with Crippen LogP contribution in [0.2, 0.25) is 0 Å². The summed E-state index contributed by atoms with van der Waals surface area (Å²) in [6.07, 6.45) is -3.89. The molecule has 0 saturated carbocycles. The van der Waals surface area contributed by atoms with Gasteiger partial charge in [-0.3, -0.25) is 14.5 Å². The molecule has 0 spiro atoms. The highest BCUT2D eigenvalue weighted by Crippen LogP contribution is 2.34. The van der Waals surface area contributed by atoms with E-state index < -0.39 is 11.7 Å². The molecule has 184 valence electrons. The van der Waals surface area contributed by atoms with Gasteiger partial charge in [-0.1, -0.05) is 12.1 Å². The van der Waals surface area contributed by atoms with Gasteiger partial charge in [0.05, 0.1) is 0 Å². The van der Waals surface area contributed by atoms with Crippen LogP contribution in [0.5, 0.6) is 0 Å². The highest BCUT2D eigenvalue weighted by atomic mass is 19.4. The number of carbonyl (C=O) groups excluding carboxylic acids is 2. The van der Waals surface area contributed by atoms with Crippen molar-refractivity contribution in [1.82, 2.24) is 25.1 Å². The molecule has 3 rings (SSSR count). The van der Waals surface area contributed by atoms with Gasteiger partial charge in [0.2, 0.25) is 17.8 Å². The Balaban J connectivity index is 1.61. The number of nitrogens with one attached hydrogen (secondary N) is 3. The van der Waals surface area contributed by atoms with Gasteiger partial charge in [0.15, 0.2) is 0 Å². The molecule has 1 fully saturated rings. The van der Waals surface area contributed by atoms with Crippen LogP contribution in [0.25, 0.3) is 0 Å². The average Bonchev–Trinajstić information content (AvgIpc) is 2.78. The van der Waals surface area contributed by atoms with E-state index in [1.807, 2.05) is 29.2 Å². The predicted molar refractivity (Wildman–Crippen MR) is 121 cm³/mol.